The molecule has 2 aromatic carbocycles. The van der Waals surface area contributed by atoms with Gasteiger partial charge in [0.25, 0.3) is 0 Å². The number of hydrogen-bond donors (Lipinski definition) is 0. The van der Waals surface area contributed by atoms with Gasteiger partial charge in [0.15, 0.2) is 0 Å². The van der Waals surface area contributed by atoms with Gasteiger partial charge in [0.2, 0.25) is 5.95 Å². The molecule has 1 aromatic heterocycles. The molecule has 5 nitrogen and oxygen atoms in total. The van der Waals surface area contributed by atoms with Crippen molar-refractivity contribution in [3.63, 3.8) is 0 Å². The Kier molecular flexibility index (Phi) is 5.59. The summed E-state index contributed by atoms with van der Waals surface area (Å²) >= 11 is 0. The molecule has 4 rings (SSSR count). The maximum Gasteiger partial charge on any atom is 0.206 e. The van der Waals surface area contributed by atoms with E-state index in [1.165, 1.54) is 12.1 Å². The van der Waals surface area contributed by atoms with Gasteiger partial charge in [-0.25, -0.2) is 9.37 Å². The van der Waals surface area contributed by atoms with E-state index in [1.54, 1.807) is 0 Å². The quantitative estimate of drug-likeness (QED) is 0.656. The highest BCUT2D eigenvalue weighted by molar-refractivity contribution is 5.79. The molecule has 6 heteroatoms. The molecule has 0 aliphatic carbocycles. The SMILES string of the molecule is CN(C)CCN1CCN(c2nc3ccccc3n2Cc2ccc(F)cc2)CC1. The predicted octanol–water partition coefficient (Wildman–Crippen LogP) is 2.91. The van der Waals surface area contributed by atoms with Gasteiger partial charge in [-0.1, -0.05) is 24.3 Å². The molecule has 0 saturated carbocycles. The van der Waals surface area contributed by atoms with Crippen LogP contribution in [0.2, 0.25) is 0 Å². The first-order valence-corrected chi connectivity index (χ1v) is 9.92. The van der Waals surface area contributed by atoms with Crippen molar-refractivity contribution >= 4 is 17.0 Å². The summed E-state index contributed by atoms with van der Waals surface area (Å²) in [5.41, 5.74) is 3.21. The maximum atomic E-state index is 13.3. The lowest BCUT2D eigenvalue weighted by Gasteiger charge is -2.36. The Hall–Kier alpha value is -2.44. The Morgan fingerprint density at radius 2 is 1.68 bits per heavy atom. The molecule has 0 N–H and O–H groups in total. The maximum absolute atomic E-state index is 13.3. The number of nitrogens with zero attached hydrogens (tertiary/aromatic N) is 5. The first-order chi connectivity index (χ1) is 13.6. The van der Waals surface area contributed by atoms with Crippen molar-refractivity contribution in [2.24, 2.45) is 0 Å². The number of aromatic nitrogens is 2. The van der Waals surface area contributed by atoms with Crippen molar-refractivity contribution in [1.82, 2.24) is 19.4 Å². The smallest absolute Gasteiger partial charge is 0.206 e. The molecule has 1 fully saturated rings. The Bertz CT molecular complexity index is 910. The van der Waals surface area contributed by atoms with Crippen molar-refractivity contribution in [3.8, 4) is 0 Å². The Balaban J connectivity index is 1.56. The third kappa shape index (κ3) is 4.18. The van der Waals surface area contributed by atoms with Crippen LogP contribution in [0, 0.1) is 5.82 Å². The second kappa shape index (κ2) is 8.29. The van der Waals surface area contributed by atoms with Crippen LogP contribution in [-0.2, 0) is 6.54 Å². The molecule has 2 heterocycles. The first-order valence-electron chi connectivity index (χ1n) is 9.92. The monoisotopic (exact) mass is 381 g/mol. The average Bonchev–Trinajstić information content (AvgIpc) is 3.07. The lowest BCUT2D eigenvalue weighted by atomic mass is 10.2. The van der Waals surface area contributed by atoms with Gasteiger partial charge in [-0.15, -0.1) is 0 Å². The number of hydrogen-bond acceptors (Lipinski definition) is 4. The summed E-state index contributed by atoms with van der Waals surface area (Å²) in [4.78, 5) is 12.1. The number of halogens is 1. The lowest BCUT2D eigenvalue weighted by Crippen LogP contribution is -2.48. The van der Waals surface area contributed by atoms with Crippen molar-refractivity contribution in [2.45, 2.75) is 6.54 Å². The third-order valence-corrected chi connectivity index (χ3v) is 5.41. The van der Waals surface area contributed by atoms with Gasteiger partial charge in [0, 0.05) is 39.3 Å². The van der Waals surface area contributed by atoms with Crippen LogP contribution in [-0.4, -0.2) is 72.7 Å². The molecular formula is C22H28FN5. The molecule has 0 spiro atoms. The molecule has 28 heavy (non-hydrogen) atoms. The highest BCUT2D eigenvalue weighted by Gasteiger charge is 2.22. The normalized spacial score (nSPS) is 15.6. The number of piperazine rings is 1. The van der Waals surface area contributed by atoms with E-state index in [4.69, 9.17) is 4.98 Å². The molecule has 1 aliphatic heterocycles. The van der Waals surface area contributed by atoms with E-state index in [0.717, 1.165) is 61.8 Å². The highest BCUT2D eigenvalue weighted by Crippen LogP contribution is 2.25. The number of likely N-dealkylation sites (N-methyl/N-ethyl adjacent to an activating group) is 1. The van der Waals surface area contributed by atoms with E-state index >= 15 is 0 Å². The zero-order valence-electron chi connectivity index (χ0n) is 16.7. The predicted molar refractivity (Wildman–Crippen MR) is 112 cm³/mol. The minimum absolute atomic E-state index is 0.201. The van der Waals surface area contributed by atoms with Crippen molar-refractivity contribution in [3.05, 3.63) is 59.9 Å². The molecule has 3 aromatic rings. The highest BCUT2D eigenvalue weighted by atomic mass is 19.1. The molecule has 148 valence electrons. The van der Waals surface area contributed by atoms with E-state index < -0.39 is 0 Å². The number of fused-ring (bicyclic) bond motifs is 1. The lowest BCUT2D eigenvalue weighted by molar-refractivity contribution is 0.228. The van der Waals surface area contributed by atoms with Crippen LogP contribution in [0.25, 0.3) is 11.0 Å². The van der Waals surface area contributed by atoms with Crippen molar-refractivity contribution in [2.75, 3.05) is 58.3 Å². The molecular weight excluding hydrogens is 353 g/mol. The van der Waals surface area contributed by atoms with E-state index in [-0.39, 0.29) is 5.82 Å². The van der Waals surface area contributed by atoms with Gasteiger partial charge in [-0.05, 0) is 43.9 Å². The number of imidazole rings is 1. The Morgan fingerprint density at radius 1 is 0.964 bits per heavy atom. The Morgan fingerprint density at radius 3 is 2.39 bits per heavy atom. The number of benzene rings is 2. The van der Waals surface area contributed by atoms with Crippen LogP contribution in [0.3, 0.4) is 0 Å². The minimum atomic E-state index is -0.201. The third-order valence-electron chi connectivity index (χ3n) is 5.41. The van der Waals surface area contributed by atoms with Crippen LogP contribution in [0.5, 0.6) is 0 Å². The standard InChI is InChI=1S/C22H28FN5/c1-25(2)11-12-26-13-15-27(16-14-26)22-24-20-5-3-4-6-21(20)28(22)17-18-7-9-19(23)10-8-18/h3-10H,11-17H2,1-2H3. The average molecular weight is 381 g/mol. The minimum Gasteiger partial charge on any atom is -0.340 e. The molecule has 0 radical (unpaired) electrons. The largest absolute Gasteiger partial charge is 0.340 e. The van der Waals surface area contributed by atoms with Crippen LogP contribution < -0.4 is 4.90 Å². The molecule has 1 aliphatic rings. The van der Waals surface area contributed by atoms with Crippen LogP contribution in [0.15, 0.2) is 48.5 Å². The van der Waals surface area contributed by atoms with Crippen LogP contribution in [0.4, 0.5) is 10.3 Å². The number of para-hydroxylation sites is 2. The van der Waals surface area contributed by atoms with Crippen molar-refractivity contribution in [1.29, 1.82) is 0 Å². The molecule has 0 bridgehead atoms. The summed E-state index contributed by atoms with van der Waals surface area (Å²) in [6, 6.07) is 15.0. The molecule has 0 amide bonds. The zero-order chi connectivity index (χ0) is 19.5. The fourth-order valence-corrected chi connectivity index (χ4v) is 3.75. The molecule has 0 atom stereocenters. The summed E-state index contributed by atoms with van der Waals surface area (Å²) in [6.45, 7) is 6.93. The fourth-order valence-electron chi connectivity index (χ4n) is 3.75. The van der Waals surface area contributed by atoms with E-state index in [0.29, 0.717) is 6.54 Å². The van der Waals surface area contributed by atoms with Crippen LogP contribution in [0.1, 0.15) is 5.56 Å². The number of anilines is 1. The summed E-state index contributed by atoms with van der Waals surface area (Å²) in [5, 5.41) is 0. The molecule has 0 unspecified atom stereocenters. The van der Waals surface area contributed by atoms with Crippen LogP contribution >= 0.6 is 0 Å². The molecule has 1 saturated heterocycles. The topological polar surface area (TPSA) is 27.5 Å². The van der Waals surface area contributed by atoms with Gasteiger partial charge < -0.3 is 14.4 Å². The van der Waals surface area contributed by atoms with E-state index in [9.17, 15) is 4.39 Å². The summed E-state index contributed by atoms with van der Waals surface area (Å²) < 4.78 is 15.6. The van der Waals surface area contributed by atoms with Gasteiger partial charge in [0.1, 0.15) is 5.82 Å². The van der Waals surface area contributed by atoms with Crippen molar-refractivity contribution < 1.29 is 4.39 Å². The Labute approximate surface area is 166 Å². The zero-order valence-corrected chi connectivity index (χ0v) is 16.7. The van der Waals surface area contributed by atoms with Gasteiger partial charge >= 0.3 is 0 Å². The second-order valence-corrected chi connectivity index (χ2v) is 7.75. The van der Waals surface area contributed by atoms with Gasteiger partial charge in [-0.2, -0.15) is 0 Å². The summed E-state index contributed by atoms with van der Waals surface area (Å²) in [5.74, 6) is 0.811. The number of rotatable bonds is 6. The fraction of sp³-hybridized carbons (Fsp3) is 0.409. The summed E-state index contributed by atoms with van der Waals surface area (Å²) in [6.07, 6.45) is 0. The van der Waals surface area contributed by atoms with E-state index in [1.807, 2.05) is 24.3 Å². The first kappa shape index (κ1) is 18.9. The second-order valence-electron chi connectivity index (χ2n) is 7.75. The van der Waals surface area contributed by atoms with E-state index in [2.05, 4.69) is 45.5 Å². The van der Waals surface area contributed by atoms with Gasteiger partial charge in [0.05, 0.1) is 17.6 Å². The summed E-state index contributed by atoms with van der Waals surface area (Å²) in [7, 11) is 4.24. The van der Waals surface area contributed by atoms with Gasteiger partial charge in [-0.3, -0.25) is 4.90 Å².